The zero-order chi connectivity index (χ0) is 11.4. The molecular formula is C10H9Cl2FO2. The third-order valence-corrected chi connectivity index (χ3v) is 2.54. The summed E-state index contributed by atoms with van der Waals surface area (Å²) in [5.74, 6) is -1.16. The molecule has 0 amide bonds. The van der Waals surface area contributed by atoms with Gasteiger partial charge in [-0.1, -0.05) is 29.3 Å². The van der Waals surface area contributed by atoms with Crippen LogP contribution in [0.15, 0.2) is 12.1 Å². The lowest BCUT2D eigenvalue weighted by Crippen LogP contribution is -2.08. The summed E-state index contributed by atoms with van der Waals surface area (Å²) >= 11 is 11.2. The average Bonchev–Trinajstić information content (AvgIpc) is 2.20. The van der Waals surface area contributed by atoms with Gasteiger partial charge in [0.15, 0.2) is 0 Å². The number of carbonyl (C=O) groups excluding carboxylic acids is 1. The Labute approximate surface area is 96.9 Å². The van der Waals surface area contributed by atoms with Gasteiger partial charge in [-0.05, 0) is 13.0 Å². The second-order valence-electron chi connectivity index (χ2n) is 2.82. The summed E-state index contributed by atoms with van der Waals surface area (Å²) in [7, 11) is 0. The summed E-state index contributed by atoms with van der Waals surface area (Å²) in [5, 5.41) is -0.0414. The van der Waals surface area contributed by atoms with E-state index in [1.54, 1.807) is 6.92 Å². The molecule has 0 fully saturated rings. The molecule has 0 saturated heterocycles. The van der Waals surface area contributed by atoms with Crippen molar-refractivity contribution in [3.05, 3.63) is 33.6 Å². The van der Waals surface area contributed by atoms with Crippen molar-refractivity contribution in [1.29, 1.82) is 0 Å². The fourth-order valence-corrected chi connectivity index (χ4v) is 1.40. The molecule has 1 aromatic carbocycles. The fourth-order valence-electron chi connectivity index (χ4n) is 1.07. The molecule has 0 aliphatic rings. The number of ether oxygens (including phenoxy) is 1. The average molecular weight is 251 g/mol. The molecule has 0 heterocycles. The second-order valence-corrected chi connectivity index (χ2v) is 3.60. The molecule has 5 heteroatoms. The molecule has 0 aromatic heterocycles. The molecule has 1 aromatic rings. The maximum Gasteiger partial charge on any atom is 0.310 e. The summed E-state index contributed by atoms with van der Waals surface area (Å²) < 4.78 is 18.1. The van der Waals surface area contributed by atoms with E-state index < -0.39 is 11.8 Å². The Bertz CT molecular complexity index is 380. The van der Waals surface area contributed by atoms with Gasteiger partial charge in [0.1, 0.15) is 5.82 Å². The SMILES string of the molecule is CCOC(=O)Cc1ccc(Cl)c(Cl)c1F. The molecule has 0 bridgehead atoms. The van der Waals surface area contributed by atoms with Crippen LogP contribution < -0.4 is 0 Å². The van der Waals surface area contributed by atoms with Gasteiger partial charge in [0.05, 0.1) is 23.1 Å². The van der Waals surface area contributed by atoms with Gasteiger partial charge in [-0.2, -0.15) is 0 Å². The summed E-state index contributed by atoms with van der Waals surface area (Å²) in [5.41, 5.74) is 0.183. The molecule has 0 aliphatic carbocycles. The Kier molecular flexibility index (Phi) is 4.36. The van der Waals surface area contributed by atoms with Crippen LogP contribution >= 0.6 is 23.2 Å². The predicted molar refractivity (Wildman–Crippen MR) is 56.8 cm³/mol. The molecule has 0 saturated carbocycles. The lowest BCUT2D eigenvalue weighted by atomic mass is 10.1. The van der Waals surface area contributed by atoms with E-state index in [1.165, 1.54) is 12.1 Å². The van der Waals surface area contributed by atoms with Crippen molar-refractivity contribution in [3.8, 4) is 0 Å². The van der Waals surface area contributed by atoms with Gasteiger partial charge in [0.25, 0.3) is 0 Å². The maximum absolute atomic E-state index is 13.4. The first-order chi connectivity index (χ1) is 7.06. The zero-order valence-corrected chi connectivity index (χ0v) is 9.53. The van der Waals surface area contributed by atoms with Crippen molar-refractivity contribution >= 4 is 29.2 Å². The maximum atomic E-state index is 13.4. The van der Waals surface area contributed by atoms with Crippen LogP contribution in [0.5, 0.6) is 0 Å². The van der Waals surface area contributed by atoms with E-state index in [2.05, 4.69) is 4.74 Å². The van der Waals surface area contributed by atoms with Gasteiger partial charge in [-0.3, -0.25) is 4.79 Å². The quantitative estimate of drug-likeness (QED) is 0.608. The first kappa shape index (κ1) is 12.3. The minimum Gasteiger partial charge on any atom is -0.466 e. The third kappa shape index (κ3) is 3.08. The highest BCUT2D eigenvalue weighted by Crippen LogP contribution is 2.27. The van der Waals surface area contributed by atoms with Gasteiger partial charge in [0.2, 0.25) is 0 Å². The Balaban J connectivity index is 2.87. The Morgan fingerprint density at radius 1 is 1.47 bits per heavy atom. The number of carbonyl (C=O) groups is 1. The molecule has 0 aliphatic heterocycles. The van der Waals surface area contributed by atoms with E-state index in [1.807, 2.05) is 0 Å². The predicted octanol–water partition coefficient (Wildman–Crippen LogP) is 3.24. The van der Waals surface area contributed by atoms with Gasteiger partial charge in [-0.15, -0.1) is 0 Å². The van der Waals surface area contributed by atoms with E-state index >= 15 is 0 Å². The molecule has 0 unspecified atom stereocenters. The smallest absolute Gasteiger partial charge is 0.310 e. The topological polar surface area (TPSA) is 26.3 Å². The van der Waals surface area contributed by atoms with Crippen molar-refractivity contribution < 1.29 is 13.9 Å². The van der Waals surface area contributed by atoms with Crippen LogP contribution in [0.25, 0.3) is 0 Å². The minimum atomic E-state index is -0.669. The van der Waals surface area contributed by atoms with Gasteiger partial charge in [-0.25, -0.2) is 4.39 Å². The lowest BCUT2D eigenvalue weighted by molar-refractivity contribution is -0.142. The van der Waals surface area contributed by atoms with Crippen LogP contribution in [0.2, 0.25) is 10.0 Å². The monoisotopic (exact) mass is 250 g/mol. The Hall–Kier alpha value is -0.800. The Morgan fingerprint density at radius 2 is 2.13 bits per heavy atom. The van der Waals surface area contributed by atoms with Crippen LogP contribution in [-0.4, -0.2) is 12.6 Å². The highest BCUT2D eigenvalue weighted by molar-refractivity contribution is 6.42. The molecule has 1 rings (SSSR count). The standard InChI is InChI=1S/C10H9Cl2FO2/c1-2-15-8(14)5-6-3-4-7(11)9(12)10(6)13/h3-4H,2,5H2,1H3. The number of hydrogen-bond acceptors (Lipinski definition) is 2. The van der Waals surface area contributed by atoms with Crippen LogP contribution in [0.3, 0.4) is 0 Å². The van der Waals surface area contributed by atoms with Crippen LogP contribution in [0, 0.1) is 5.82 Å². The van der Waals surface area contributed by atoms with Crippen LogP contribution in [0.4, 0.5) is 4.39 Å². The number of benzene rings is 1. The number of rotatable bonds is 3. The van der Waals surface area contributed by atoms with Crippen molar-refractivity contribution in [2.75, 3.05) is 6.61 Å². The third-order valence-electron chi connectivity index (χ3n) is 1.76. The molecule has 15 heavy (non-hydrogen) atoms. The molecule has 0 atom stereocenters. The van der Waals surface area contributed by atoms with Crippen molar-refractivity contribution in [2.24, 2.45) is 0 Å². The van der Waals surface area contributed by atoms with Crippen LogP contribution in [-0.2, 0) is 16.0 Å². The molecule has 2 nitrogen and oxygen atoms in total. The number of hydrogen-bond donors (Lipinski definition) is 0. The number of esters is 1. The van der Waals surface area contributed by atoms with E-state index in [9.17, 15) is 9.18 Å². The highest BCUT2D eigenvalue weighted by Gasteiger charge is 2.13. The van der Waals surface area contributed by atoms with Gasteiger partial charge in [0, 0.05) is 5.56 Å². The fraction of sp³-hybridized carbons (Fsp3) is 0.300. The van der Waals surface area contributed by atoms with Gasteiger partial charge < -0.3 is 4.74 Å². The Morgan fingerprint density at radius 3 is 2.73 bits per heavy atom. The van der Waals surface area contributed by atoms with E-state index in [-0.39, 0.29) is 28.6 Å². The number of halogens is 3. The summed E-state index contributed by atoms with van der Waals surface area (Å²) in [6.45, 7) is 1.95. The van der Waals surface area contributed by atoms with Crippen molar-refractivity contribution in [1.82, 2.24) is 0 Å². The van der Waals surface area contributed by atoms with E-state index in [4.69, 9.17) is 23.2 Å². The first-order valence-corrected chi connectivity index (χ1v) is 5.09. The van der Waals surface area contributed by atoms with E-state index in [0.29, 0.717) is 0 Å². The largest absolute Gasteiger partial charge is 0.466 e. The van der Waals surface area contributed by atoms with Crippen LogP contribution in [0.1, 0.15) is 12.5 Å². The molecule has 0 radical (unpaired) electrons. The first-order valence-electron chi connectivity index (χ1n) is 4.34. The normalized spacial score (nSPS) is 10.1. The van der Waals surface area contributed by atoms with Gasteiger partial charge >= 0.3 is 5.97 Å². The molecular weight excluding hydrogens is 242 g/mol. The molecule has 0 N–H and O–H groups in total. The van der Waals surface area contributed by atoms with E-state index in [0.717, 1.165) is 0 Å². The highest BCUT2D eigenvalue weighted by atomic mass is 35.5. The molecule has 82 valence electrons. The second kappa shape index (κ2) is 5.33. The molecule has 0 spiro atoms. The summed E-state index contributed by atoms with van der Waals surface area (Å²) in [6, 6.07) is 2.86. The lowest BCUT2D eigenvalue weighted by Gasteiger charge is -2.05. The zero-order valence-electron chi connectivity index (χ0n) is 8.02. The van der Waals surface area contributed by atoms with Crippen molar-refractivity contribution in [2.45, 2.75) is 13.3 Å². The summed E-state index contributed by atoms with van der Waals surface area (Å²) in [6.07, 6.45) is -0.142. The summed E-state index contributed by atoms with van der Waals surface area (Å²) in [4.78, 5) is 11.1. The minimum absolute atomic E-state index is 0.127. The van der Waals surface area contributed by atoms with Crippen molar-refractivity contribution in [3.63, 3.8) is 0 Å².